The van der Waals surface area contributed by atoms with Gasteiger partial charge >= 0.3 is 5.97 Å². The average molecular weight is 226 g/mol. The van der Waals surface area contributed by atoms with Crippen LogP contribution >= 0.6 is 12.4 Å². The highest BCUT2D eigenvalue weighted by atomic mass is 35.5. The van der Waals surface area contributed by atoms with E-state index in [1.807, 2.05) is 0 Å². The Morgan fingerprint density at radius 2 is 2.07 bits per heavy atom. The number of nitrogens with two attached hydrogens (primary N) is 1. The van der Waals surface area contributed by atoms with Crippen molar-refractivity contribution in [2.24, 2.45) is 5.73 Å². The Morgan fingerprint density at radius 3 is 2.57 bits per heavy atom. The van der Waals surface area contributed by atoms with E-state index >= 15 is 0 Å². The van der Waals surface area contributed by atoms with E-state index in [9.17, 15) is 4.79 Å². The van der Waals surface area contributed by atoms with Crippen molar-refractivity contribution in [3.63, 3.8) is 0 Å². The maximum absolute atomic E-state index is 10.9. The summed E-state index contributed by atoms with van der Waals surface area (Å²) >= 11 is 0. The van der Waals surface area contributed by atoms with E-state index in [0.717, 1.165) is 25.7 Å². The smallest absolute Gasteiger partial charge is 0.325 e. The molecule has 0 aromatic rings. The lowest BCUT2D eigenvalue weighted by Gasteiger charge is -2.08. The van der Waals surface area contributed by atoms with Crippen LogP contribution in [0.25, 0.3) is 0 Å². The van der Waals surface area contributed by atoms with Crippen molar-refractivity contribution in [3.05, 3.63) is 0 Å². The number of unbranched alkanes of at least 4 members (excludes halogenated alkanes) is 3. The van der Waals surface area contributed by atoms with Gasteiger partial charge in [0.25, 0.3) is 0 Å². The standard InChI is InChI=1S/C9H19NO3.ClH/c1-2-3-4-5-6-13-9(12)8(10)7-11;/h8,11H,2-7,10H2,1H3;1H/t8-;/m0./s1. The van der Waals surface area contributed by atoms with Crippen LogP contribution in [0.3, 0.4) is 0 Å². The number of ether oxygens (including phenoxy) is 1. The Bertz CT molecular complexity index is 144. The zero-order valence-electron chi connectivity index (χ0n) is 8.57. The number of rotatable bonds is 7. The first kappa shape index (κ1) is 16.1. The van der Waals surface area contributed by atoms with E-state index in [2.05, 4.69) is 6.92 Å². The summed E-state index contributed by atoms with van der Waals surface area (Å²) in [5, 5.41) is 8.52. The van der Waals surface area contributed by atoms with Crippen molar-refractivity contribution in [3.8, 4) is 0 Å². The van der Waals surface area contributed by atoms with Crippen molar-refractivity contribution < 1.29 is 14.6 Å². The van der Waals surface area contributed by atoms with Gasteiger partial charge in [-0.15, -0.1) is 12.4 Å². The van der Waals surface area contributed by atoms with Crippen molar-refractivity contribution in [1.29, 1.82) is 0 Å². The fraction of sp³-hybridized carbons (Fsp3) is 0.889. The lowest BCUT2D eigenvalue weighted by Crippen LogP contribution is -2.35. The Morgan fingerprint density at radius 1 is 1.43 bits per heavy atom. The van der Waals surface area contributed by atoms with Gasteiger partial charge in [0.1, 0.15) is 6.04 Å². The van der Waals surface area contributed by atoms with Crippen molar-refractivity contribution >= 4 is 18.4 Å². The van der Waals surface area contributed by atoms with Gasteiger partial charge in [0.05, 0.1) is 13.2 Å². The summed E-state index contributed by atoms with van der Waals surface area (Å²) in [6.45, 7) is 2.17. The third-order valence-corrected chi connectivity index (χ3v) is 1.74. The van der Waals surface area contributed by atoms with Crippen LogP contribution in [0, 0.1) is 0 Å². The molecule has 5 heteroatoms. The lowest BCUT2D eigenvalue weighted by atomic mass is 10.2. The number of hydrogen-bond donors (Lipinski definition) is 2. The molecule has 86 valence electrons. The zero-order valence-corrected chi connectivity index (χ0v) is 9.39. The minimum absolute atomic E-state index is 0. The van der Waals surface area contributed by atoms with Crippen LogP contribution in [0.2, 0.25) is 0 Å². The summed E-state index contributed by atoms with van der Waals surface area (Å²) in [6.07, 6.45) is 4.25. The Kier molecular flexibility index (Phi) is 12.4. The van der Waals surface area contributed by atoms with E-state index in [1.165, 1.54) is 0 Å². The van der Waals surface area contributed by atoms with Crippen molar-refractivity contribution in [2.75, 3.05) is 13.2 Å². The monoisotopic (exact) mass is 225 g/mol. The van der Waals surface area contributed by atoms with Crippen LogP contribution in [0.15, 0.2) is 0 Å². The second kappa shape index (κ2) is 10.8. The van der Waals surface area contributed by atoms with Gasteiger partial charge in [0, 0.05) is 0 Å². The molecule has 0 radical (unpaired) electrons. The Hall–Kier alpha value is -0.320. The zero-order chi connectivity index (χ0) is 10.1. The van der Waals surface area contributed by atoms with E-state index in [1.54, 1.807) is 0 Å². The number of esters is 1. The largest absolute Gasteiger partial charge is 0.464 e. The fourth-order valence-electron chi connectivity index (χ4n) is 0.883. The lowest BCUT2D eigenvalue weighted by molar-refractivity contribution is -0.146. The first-order chi connectivity index (χ1) is 6.22. The summed E-state index contributed by atoms with van der Waals surface area (Å²) in [6, 6.07) is -0.883. The Labute approximate surface area is 91.2 Å². The van der Waals surface area contributed by atoms with Crippen LogP contribution in [0.5, 0.6) is 0 Å². The highest BCUT2D eigenvalue weighted by molar-refractivity contribution is 5.85. The van der Waals surface area contributed by atoms with Gasteiger partial charge in [0.2, 0.25) is 0 Å². The van der Waals surface area contributed by atoms with E-state index in [-0.39, 0.29) is 19.0 Å². The number of hydrogen-bond acceptors (Lipinski definition) is 4. The average Bonchev–Trinajstić information content (AvgIpc) is 2.16. The number of carbonyl (C=O) groups excluding carboxylic acids is 1. The van der Waals surface area contributed by atoms with Gasteiger partial charge in [-0.3, -0.25) is 4.79 Å². The number of carbonyl (C=O) groups is 1. The minimum Gasteiger partial charge on any atom is -0.464 e. The molecule has 1 atom stereocenters. The molecule has 0 aromatic carbocycles. The fourth-order valence-corrected chi connectivity index (χ4v) is 0.883. The van der Waals surface area contributed by atoms with E-state index < -0.39 is 12.0 Å². The first-order valence-corrected chi connectivity index (χ1v) is 4.75. The number of halogens is 1. The maximum atomic E-state index is 10.9. The van der Waals surface area contributed by atoms with E-state index in [4.69, 9.17) is 15.6 Å². The number of aliphatic hydroxyl groups excluding tert-OH is 1. The SMILES string of the molecule is CCCCCCOC(=O)[C@@H](N)CO.Cl. The van der Waals surface area contributed by atoms with Gasteiger partial charge < -0.3 is 15.6 Å². The van der Waals surface area contributed by atoms with Gasteiger partial charge in [0.15, 0.2) is 0 Å². The van der Waals surface area contributed by atoms with E-state index in [0.29, 0.717) is 6.61 Å². The molecule has 0 aliphatic carbocycles. The second-order valence-corrected chi connectivity index (χ2v) is 3.02. The molecule has 0 rings (SSSR count). The predicted molar refractivity (Wildman–Crippen MR) is 57.4 cm³/mol. The molecule has 0 amide bonds. The summed E-state index contributed by atoms with van der Waals surface area (Å²) < 4.78 is 4.82. The Balaban J connectivity index is 0. The first-order valence-electron chi connectivity index (χ1n) is 4.75. The van der Waals surface area contributed by atoms with Crippen LogP contribution in [0.4, 0.5) is 0 Å². The third-order valence-electron chi connectivity index (χ3n) is 1.74. The highest BCUT2D eigenvalue weighted by Gasteiger charge is 2.12. The highest BCUT2D eigenvalue weighted by Crippen LogP contribution is 1.99. The summed E-state index contributed by atoms with van der Waals surface area (Å²) in [4.78, 5) is 10.9. The normalized spacial score (nSPS) is 11.6. The van der Waals surface area contributed by atoms with Crippen LogP contribution in [0.1, 0.15) is 32.6 Å². The summed E-state index contributed by atoms with van der Waals surface area (Å²) in [7, 11) is 0. The third kappa shape index (κ3) is 8.29. The molecule has 0 spiro atoms. The van der Waals surface area contributed by atoms with Gasteiger partial charge in [-0.25, -0.2) is 0 Å². The molecule has 0 heterocycles. The molecule has 0 fully saturated rings. The molecule has 0 aromatic heterocycles. The molecule has 4 nitrogen and oxygen atoms in total. The van der Waals surface area contributed by atoms with Crippen LogP contribution in [-0.2, 0) is 9.53 Å². The van der Waals surface area contributed by atoms with Gasteiger partial charge in [-0.1, -0.05) is 26.2 Å². The van der Waals surface area contributed by atoms with Crippen molar-refractivity contribution in [2.45, 2.75) is 38.6 Å². The molecule has 0 saturated heterocycles. The number of aliphatic hydroxyl groups is 1. The summed E-state index contributed by atoms with van der Waals surface area (Å²) in [5.74, 6) is -0.515. The molecule has 0 aliphatic heterocycles. The quantitative estimate of drug-likeness (QED) is 0.498. The predicted octanol–water partition coefficient (Wildman–Crippen LogP) is 0.851. The van der Waals surface area contributed by atoms with Crippen LogP contribution < -0.4 is 5.73 Å². The summed E-state index contributed by atoms with van der Waals surface area (Å²) in [5.41, 5.74) is 5.23. The van der Waals surface area contributed by atoms with Crippen LogP contribution in [-0.4, -0.2) is 30.3 Å². The molecule has 14 heavy (non-hydrogen) atoms. The molecule has 0 unspecified atom stereocenters. The topological polar surface area (TPSA) is 72.5 Å². The maximum Gasteiger partial charge on any atom is 0.325 e. The van der Waals surface area contributed by atoms with Gasteiger partial charge in [-0.05, 0) is 6.42 Å². The molecular weight excluding hydrogens is 206 g/mol. The molecule has 0 bridgehead atoms. The minimum atomic E-state index is -0.883. The molecular formula is C9H20ClNO3. The van der Waals surface area contributed by atoms with Gasteiger partial charge in [-0.2, -0.15) is 0 Å². The van der Waals surface area contributed by atoms with Crippen molar-refractivity contribution in [1.82, 2.24) is 0 Å². The second-order valence-electron chi connectivity index (χ2n) is 3.02. The molecule has 0 aliphatic rings. The molecule has 0 saturated carbocycles. The molecule has 3 N–H and O–H groups in total.